The van der Waals surface area contributed by atoms with Crippen LogP contribution < -0.4 is 57.3 Å². The quantitative estimate of drug-likeness (QED) is 0.105. The number of anilines is 15. The van der Waals surface area contributed by atoms with Gasteiger partial charge < -0.3 is 24.5 Å². The summed E-state index contributed by atoms with van der Waals surface area (Å²) in [5.41, 5.74) is -0.286. The van der Waals surface area contributed by atoms with E-state index in [1.165, 1.54) is 60.9 Å². The standard InChI is InChI=1S/C73H39B2F12N5S/c76-50-21-11-22-51(77)68(50)88(41-15-3-1-4-16-41)44-35-60-64-61(36-44)91(70-54(80)25-13-26-55(70)81)58-29-9-7-19-46(58)74(64)48-39-49-72(66(84)67(48)90(60)43-33-31-40(32-34-43)73(85,86)87)93-63-38-45(89(42-17-5-2-6-18-42)69-52(78)23-12-24-53(69)79)37-62-65(63)75(49)47-20-8-10-30-59(47)92(62)71-56(82)27-14-28-57(71)83/h1-39H. The van der Waals surface area contributed by atoms with Crippen molar-refractivity contribution in [1.82, 2.24) is 0 Å². The smallest absolute Gasteiger partial charge is 0.308 e. The molecule has 0 aliphatic carbocycles. The van der Waals surface area contributed by atoms with Crippen LogP contribution >= 0.6 is 11.8 Å². The fourth-order valence-corrected chi connectivity index (χ4v) is 15.0. The molecule has 0 atom stereocenters. The van der Waals surface area contributed by atoms with Crippen molar-refractivity contribution in [3.63, 3.8) is 0 Å². The van der Waals surface area contributed by atoms with Gasteiger partial charge in [-0.2, -0.15) is 13.2 Å². The first kappa shape index (κ1) is 57.4. The number of rotatable bonds is 9. The molecule has 4 aliphatic rings. The third-order valence-electron chi connectivity index (χ3n) is 17.5. The van der Waals surface area contributed by atoms with Crippen molar-refractivity contribution in [3.8, 4) is 0 Å². The first-order valence-corrected chi connectivity index (χ1v) is 30.0. The first-order chi connectivity index (χ1) is 45.0. The minimum atomic E-state index is -4.85. The van der Waals surface area contributed by atoms with Gasteiger partial charge in [0, 0.05) is 61.0 Å². The van der Waals surface area contributed by atoms with Gasteiger partial charge in [0.25, 0.3) is 6.71 Å². The maximum Gasteiger partial charge on any atom is 0.416 e. The molecule has 4 aliphatic heterocycles. The van der Waals surface area contributed by atoms with Gasteiger partial charge in [0.1, 0.15) is 69.3 Å². The third kappa shape index (κ3) is 8.92. The summed E-state index contributed by atoms with van der Waals surface area (Å²) in [4.78, 5) is 6.92. The molecule has 0 fully saturated rings. The highest BCUT2D eigenvalue weighted by molar-refractivity contribution is 8.00. The van der Waals surface area contributed by atoms with Crippen LogP contribution in [0.15, 0.2) is 246 Å². The molecule has 0 bridgehead atoms. The van der Waals surface area contributed by atoms with Crippen LogP contribution in [0.1, 0.15) is 5.56 Å². The van der Waals surface area contributed by atoms with Gasteiger partial charge in [-0.25, -0.2) is 39.5 Å². The second-order valence-electron chi connectivity index (χ2n) is 22.6. The minimum absolute atomic E-state index is 0.0225. The number of alkyl halides is 3. The predicted molar refractivity (Wildman–Crippen MR) is 344 cm³/mol. The lowest BCUT2D eigenvalue weighted by atomic mass is 9.31. The van der Waals surface area contributed by atoms with Crippen LogP contribution in [0.5, 0.6) is 0 Å². The van der Waals surface area contributed by atoms with Crippen molar-refractivity contribution < 1.29 is 52.7 Å². The Kier molecular flexibility index (Phi) is 13.4. The second kappa shape index (κ2) is 21.7. The van der Waals surface area contributed by atoms with E-state index in [1.807, 2.05) is 0 Å². The SMILES string of the molecule is Fc1cccc(F)c1N(c1ccccc1)c1cc2c3c(c1)N(c1c(F)cccc1F)c1ccccc1B3c1cc3c(c(F)c1S2)N(c1ccc(C(F)(F)F)cc1)c1cc(N(c2ccccc2)c2c(F)cccc2F)cc2c1B3c1ccccc1N2c1c(F)cccc1F. The molecular formula is C73H39B2F12N5S. The maximum atomic E-state index is 20.0. The molecule has 16 rings (SSSR count). The molecule has 12 aromatic rings. The highest BCUT2D eigenvalue weighted by Gasteiger charge is 2.50. The Morgan fingerprint density at radius 1 is 0.323 bits per heavy atom. The van der Waals surface area contributed by atoms with Crippen LogP contribution in [0.2, 0.25) is 0 Å². The number of hydrogen-bond acceptors (Lipinski definition) is 6. The molecule has 12 aromatic carbocycles. The number of benzene rings is 12. The Balaban J connectivity index is 1.03. The van der Waals surface area contributed by atoms with Crippen molar-refractivity contribution in [3.05, 3.63) is 295 Å². The Morgan fingerprint density at radius 3 is 1.18 bits per heavy atom. The van der Waals surface area contributed by atoms with Gasteiger partial charge in [-0.15, -0.1) is 0 Å². The number of fused-ring (bicyclic) bond motifs is 8. The van der Waals surface area contributed by atoms with E-state index in [1.54, 1.807) is 127 Å². The highest BCUT2D eigenvalue weighted by Crippen LogP contribution is 2.54. The number of nitrogens with zero attached hydrogens (tertiary/aromatic N) is 5. The summed E-state index contributed by atoms with van der Waals surface area (Å²) >= 11 is 0.900. The molecule has 0 N–H and O–H groups in total. The van der Waals surface area contributed by atoms with Gasteiger partial charge in [0.05, 0.1) is 16.9 Å². The molecule has 0 amide bonds. The molecule has 452 valence electrons. The van der Waals surface area contributed by atoms with Gasteiger partial charge in [-0.1, -0.05) is 120 Å². The van der Waals surface area contributed by atoms with Gasteiger partial charge in [0.2, 0.25) is 6.71 Å². The van der Waals surface area contributed by atoms with E-state index in [9.17, 15) is 13.2 Å². The summed E-state index contributed by atoms with van der Waals surface area (Å²) in [6.45, 7) is -2.13. The van der Waals surface area contributed by atoms with E-state index >= 15 is 39.5 Å². The highest BCUT2D eigenvalue weighted by atomic mass is 32.2. The average Bonchev–Trinajstić information content (AvgIpc) is 0.685. The molecule has 20 heteroatoms. The van der Waals surface area contributed by atoms with E-state index < -0.39 is 100 Å². The van der Waals surface area contributed by atoms with Gasteiger partial charge in [-0.05, 0) is 161 Å². The van der Waals surface area contributed by atoms with Crippen LogP contribution in [-0.4, -0.2) is 13.4 Å². The fraction of sp³-hybridized carbons (Fsp3) is 0.0137. The Morgan fingerprint density at radius 2 is 0.720 bits per heavy atom. The zero-order valence-electron chi connectivity index (χ0n) is 47.9. The molecule has 93 heavy (non-hydrogen) atoms. The zero-order valence-corrected chi connectivity index (χ0v) is 48.7. The Hall–Kier alpha value is -10.7. The molecule has 5 nitrogen and oxygen atoms in total. The van der Waals surface area contributed by atoms with Crippen LogP contribution in [0, 0.1) is 52.4 Å². The molecule has 0 radical (unpaired) electrons. The zero-order chi connectivity index (χ0) is 63.9. The summed E-state index contributed by atoms with van der Waals surface area (Å²) < 4.78 is 198. The monoisotopic (exact) mass is 1270 g/mol. The van der Waals surface area contributed by atoms with E-state index in [0.29, 0.717) is 21.9 Å². The van der Waals surface area contributed by atoms with Crippen molar-refractivity contribution in [2.24, 2.45) is 0 Å². The lowest BCUT2D eigenvalue weighted by Crippen LogP contribution is -2.65. The molecule has 0 saturated carbocycles. The van der Waals surface area contributed by atoms with Crippen molar-refractivity contribution in [1.29, 1.82) is 0 Å². The third-order valence-corrected chi connectivity index (χ3v) is 18.6. The molecular weight excluding hydrogens is 1230 g/mol. The average molecular weight is 1270 g/mol. The van der Waals surface area contributed by atoms with E-state index in [2.05, 4.69) is 0 Å². The topological polar surface area (TPSA) is 16.2 Å². The first-order valence-electron chi connectivity index (χ1n) is 29.2. The molecule has 0 spiro atoms. The largest absolute Gasteiger partial charge is 0.416 e. The molecule has 0 saturated heterocycles. The fourth-order valence-electron chi connectivity index (χ4n) is 13.8. The van der Waals surface area contributed by atoms with Gasteiger partial charge in [0.15, 0.2) is 5.82 Å². The number of hydrogen-bond donors (Lipinski definition) is 0. The number of para-hydroxylation sites is 8. The minimum Gasteiger partial charge on any atom is -0.308 e. The van der Waals surface area contributed by atoms with Crippen molar-refractivity contribution in [2.75, 3.05) is 24.5 Å². The molecule has 0 unspecified atom stereocenters. The van der Waals surface area contributed by atoms with E-state index in [0.717, 1.165) is 84.6 Å². The van der Waals surface area contributed by atoms with Crippen LogP contribution in [0.4, 0.5) is 138 Å². The van der Waals surface area contributed by atoms with Crippen molar-refractivity contribution >= 4 is 143 Å². The summed E-state index contributed by atoms with van der Waals surface area (Å²) in [7, 11) is 0. The summed E-state index contributed by atoms with van der Waals surface area (Å²) in [6, 6.07) is 55.0. The second-order valence-corrected chi connectivity index (χ2v) is 23.6. The summed E-state index contributed by atoms with van der Waals surface area (Å²) in [5, 5.41) is 0. The van der Waals surface area contributed by atoms with E-state index in [-0.39, 0.29) is 83.3 Å². The van der Waals surface area contributed by atoms with Crippen LogP contribution in [-0.2, 0) is 6.18 Å². The van der Waals surface area contributed by atoms with E-state index in [4.69, 9.17) is 0 Å². The van der Waals surface area contributed by atoms with Crippen molar-refractivity contribution in [2.45, 2.75) is 16.0 Å². The number of halogens is 12. The maximum absolute atomic E-state index is 20.0. The van der Waals surface area contributed by atoms with Gasteiger partial charge in [-0.3, -0.25) is 0 Å². The van der Waals surface area contributed by atoms with Gasteiger partial charge >= 0.3 is 6.18 Å². The molecule has 4 heterocycles. The summed E-state index contributed by atoms with van der Waals surface area (Å²) in [6.07, 6.45) is -4.85. The Bertz CT molecular complexity index is 5000. The lowest BCUT2D eigenvalue weighted by molar-refractivity contribution is -0.137. The van der Waals surface area contributed by atoms with Crippen LogP contribution in [0.3, 0.4) is 0 Å². The lowest BCUT2D eigenvalue weighted by Gasteiger charge is -2.46. The predicted octanol–water partition coefficient (Wildman–Crippen LogP) is 17.7. The normalized spacial score (nSPS) is 13.2. The Labute approximate surface area is 528 Å². The summed E-state index contributed by atoms with van der Waals surface area (Å²) in [5.74, 6) is -8.84. The molecule has 0 aromatic heterocycles. The van der Waals surface area contributed by atoms with Crippen LogP contribution in [0.25, 0.3) is 0 Å².